The van der Waals surface area contributed by atoms with Crippen molar-refractivity contribution in [2.24, 2.45) is 0 Å². The summed E-state index contributed by atoms with van der Waals surface area (Å²) in [7, 11) is 2.16. The molecule has 0 saturated carbocycles. The predicted molar refractivity (Wildman–Crippen MR) is 92.5 cm³/mol. The minimum atomic E-state index is -0.585. The molecule has 1 aliphatic heterocycles. The van der Waals surface area contributed by atoms with E-state index in [0.29, 0.717) is 35.7 Å². The maximum Gasteiger partial charge on any atom is 0.229 e. The van der Waals surface area contributed by atoms with Gasteiger partial charge in [0.2, 0.25) is 5.78 Å². The van der Waals surface area contributed by atoms with Crippen LogP contribution in [0.25, 0.3) is 11.1 Å². The molecule has 2 heterocycles. The molecule has 128 valence electrons. The molecule has 6 nitrogen and oxygen atoms in total. The number of aryl methyl sites for hydroxylation is 1. The number of nitrogens with one attached hydrogen (secondary N) is 1. The first kappa shape index (κ1) is 16.6. The molecule has 1 unspecified atom stereocenters. The number of likely N-dealkylation sites (tertiary alicyclic amines) is 1. The van der Waals surface area contributed by atoms with Gasteiger partial charge in [-0.3, -0.25) is 9.59 Å². The Morgan fingerprint density at radius 3 is 3.00 bits per heavy atom. The summed E-state index contributed by atoms with van der Waals surface area (Å²) in [5.41, 5.74) is 2.07. The Bertz CT molecular complexity index is 753. The molecular formula is C18H23N3O3. The predicted octanol–water partition coefficient (Wildman–Crippen LogP) is 2.67. The van der Waals surface area contributed by atoms with Crippen molar-refractivity contribution in [3.05, 3.63) is 23.6 Å². The van der Waals surface area contributed by atoms with Crippen LogP contribution in [0.1, 0.15) is 42.4 Å². The number of oxazole rings is 1. The summed E-state index contributed by atoms with van der Waals surface area (Å²) in [6, 6.07) is 4.16. The zero-order valence-electron chi connectivity index (χ0n) is 14.2. The Kier molecular flexibility index (Phi) is 4.94. The van der Waals surface area contributed by atoms with Crippen LogP contribution in [-0.2, 0) is 11.2 Å². The first-order chi connectivity index (χ1) is 11.6. The largest absolute Gasteiger partial charge is 0.440 e. The van der Waals surface area contributed by atoms with E-state index in [1.165, 1.54) is 12.8 Å². The monoisotopic (exact) mass is 329 g/mol. The number of carbonyl (C=O) groups is 2. The van der Waals surface area contributed by atoms with Crippen LogP contribution in [0.4, 0.5) is 5.69 Å². The SMILES string of the molecule is CCc1nc2cc(NCCC3CCCN3C)cc(C(=O)C=O)c2o1. The van der Waals surface area contributed by atoms with Crippen molar-refractivity contribution in [2.75, 3.05) is 25.5 Å². The molecule has 24 heavy (non-hydrogen) atoms. The van der Waals surface area contributed by atoms with E-state index in [9.17, 15) is 9.59 Å². The number of carbonyl (C=O) groups excluding carboxylic acids is 2. The highest BCUT2D eigenvalue weighted by Crippen LogP contribution is 2.26. The van der Waals surface area contributed by atoms with Crippen LogP contribution in [0.15, 0.2) is 16.5 Å². The number of fused-ring (bicyclic) bond motifs is 1. The molecule has 1 aliphatic rings. The van der Waals surface area contributed by atoms with E-state index in [-0.39, 0.29) is 5.56 Å². The van der Waals surface area contributed by atoms with Crippen LogP contribution in [0.5, 0.6) is 0 Å². The minimum Gasteiger partial charge on any atom is -0.440 e. The lowest BCUT2D eigenvalue weighted by Gasteiger charge is -2.19. The lowest BCUT2D eigenvalue weighted by molar-refractivity contribution is -0.104. The van der Waals surface area contributed by atoms with Gasteiger partial charge in [-0.05, 0) is 45.0 Å². The second kappa shape index (κ2) is 7.13. The van der Waals surface area contributed by atoms with Crippen molar-refractivity contribution in [3.63, 3.8) is 0 Å². The number of ketones is 1. The number of aromatic nitrogens is 1. The number of hydrogen-bond acceptors (Lipinski definition) is 6. The molecule has 0 bridgehead atoms. The van der Waals surface area contributed by atoms with Crippen molar-refractivity contribution < 1.29 is 14.0 Å². The summed E-state index contributed by atoms with van der Waals surface area (Å²) >= 11 is 0. The Morgan fingerprint density at radius 2 is 2.33 bits per heavy atom. The van der Waals surface area contributed by atoms with Crippen LogP contribution in [-0.4, -0.2) is 48.1 Å². The second-order valence-electron chi connectivity index (χ2n) is 6.31. The van der Waals surface area contributed by atoms with Gasteiger partial charge in [0.25, 0.3) is 0 Å². The fourth-order valence-corrected chi connectivity index (χ4v) is 3.31. The van der Waals surface area contributed by atoms with Crippen LogP contribution in [0.3, 0.4) is 0 Å². The number of Topliss-reactive ketones (excluding diaryl/α,β-unsaturated/α-hetero) is 1. The van der Waals surface area contributed by atoms with Gasteiger partial charge in [0.15, 0.2) is 17.8 Å². The molecule has 0 aliphatic carbocycles. The third-order valence-electron chi connectivity index (χ3n) is 4.69. The first-order valence-corrected chi connectivity index (χ1v) is 8.49. The summed E-state index contributed by atoms with van der Waals surface area (Å²) < 4.78 is 5.60. The van der Waals surface area contributed by atoms with E-state index in [1.807, 2.05) is 13.0 Å². The zero-order chi connectivity index (χ0) is 17.1. The molecular weight excluding hydrogens is 306 g/mol. The van der Waals surface area contributed by atoms with Gasteiger partial charge >= 0.3 is 0 Å². The van der Waals surface area contributed by atoms with Crippen LogP contribution < -0.4 is 5.32 Å². The highest BCUT2D eigenvalue weighted by atomic mass is 16.3. The van der Waals surface area contributed by atoms with Gasteiger partial charge in [-0.1, -0.05) is 6.92 Å². The molecule has 1 aromatic carbocycles. The van der Waals surface area contributed by atoms with E-state index in [2.05, 4.69) is 22.2 Å². The van der Waals surface area contributed by atoms with E-state index < -0.39 is 5.78 Å². The average molecular weight is 329 g/mol. The fraction of sp³-hybridized carbons (Fsp3) is 0.500. The molecule has 1 atom stereocenters. The Morgan fingerprint density at radius 1 is 1.50 bits per heavy atom. The zero-order valence-corrected chi connectivity index (χ0v) is 14.2. The summed E-state index contributed by atoms with van der Waals surface area (Å²) in [6.45, 7) is 3.91. The summed E-state index contributed by atoms with van der Waals surface area (Å²) in [5, 5.41) is 3.35. The smallest absolute Gasteiger partial charge is 0.229 e. The topological polar surface area (TPSA) is 75.4 Å². The Hall–Kier alpha value is -2.21. The molecule has 1 aromatic heterocycles. The maximum atomic E-state index is 11.9. The number of anilines is 1. The van der Waals surface area contributed by atoms with Gasteiger partial charge in [-0.25, -0.2) is 4.98 Å². The number of nitrogens with zero attached hydrogens (tertiary/aromatic N) is 2. The molecule has 6 heteroatoms. The average Bonchev–Trinajstić information content (AvgIpc) is 3.19. The normalized spacial score (nSPS) is 18.2. The van der Waals surface area contributed by atoms with E-state index >= 15 is 0 Å². The third-order valence-corrected chi connectivity index (χ3v) is 4.69. The highest BCUT2D eigenvalue weighted by molar-refractivity contribution is 6.36. The van der Waals surface area contributed by atoms with Crippen molar-refractivity contribution in [1.29, 1.82) is 0 Å². The van der Waals surface area contributed by atoms with Gasteiger partial charge in [0.05, 0.1) is 5.56 Å². The fourth-order valence-electron chi connectivity index (χ4n) is 3.31. The number of aldehydes is 1. The molecule has 1 saturated heterocycles. The van der Waals surface area contributed by atoms with Gasteiger partial charge in [-0.15, -0.1) is 0 Å². The second-order valence-corrected chi connectivity index (χ2v) is 6.31. The van der Waals surface area contributed by atoms with Crippen molar-refractivity contribution in [2.45, 2.75) is 38.6 Å². The van der Waals surface area contributed by atoms with Crippen LogP contribution >= 0.6 is 0 Å². The van der Waals surface area contributed by atoms with Crippen molar-refractivity contribution in [1.82, 2.24) is 9.88 Å². The number of hydrogen-bond donors (Lipinski definition) is 1. The van der Waals surface area contributed by atoms with E-state index in [4.69, 9.17) is 4.42 Å². The summed E-state index contributed by atoms with van der Waals surface area (Å²) in [5.74, 6) is -0.0207. The number of benzene rings is 1. The molecule has 2 aromatic rings. The third kappa shape index (κ3) is 3.33. The van der Waals surface area contributed by atoms with Gasteiger partial charge in [0.1, 0.15) is 5.52 Å². The first-order valence-electron chi connectivity index (χ1n) is 8.49. The Labute approximate surface area is 141 Å². The molecule has 0 radical (unpaired) electrons. The lowest BCUT2D eigenvalue weighted by Crippen LogP contribution is -2.26. The molecule has 1 fully saturated rings. The van der Waals surface area contributed by atoms with E-state index in [0.717, 1.165) is 25.2 Å². The molecule has 0 spiro atoms. The Balaban J connectivity index is 1.79. The molecule has 1 N–H and O–H groups in total. The lowest BCUT2D eigenvalue weighted by atomic mass is 10.1. The highest BCUT2D eigenvalue weighted by Gasteiger charge is 2.20. The van der Waals surface area contributed by atoms with Gasteiger partial charge < -0.3 is 14.6 Å². The quantitative estimate of drug-likeness (QED) is 0.478. The molecule has 0 amide bonds. The summed E-state index contributed by atoms with van der Waals surface area (Å²) in [6.07, 6.45) is 4.49. The van der Waals surface area contributed by atoms with Gasteiger partial charge in [-0.2, -0.15) is 0 Å². The number of rotatable bonds is 7. The standard InChI is InChI=1S/C18H23N3O3/c1-3-17-20-15-10-12(9-14(16(23)11-22)18(15)24-17)19-7-6-13-5-4-8-21(13)2/h9-11,13,19H,3-8H2,1-2H3. The van der Waals surface area contributed by atoms with Crippen molar-refractivity contribution in [3.8, 4) is 0 Å². The van der Waals surface area contributed by atoms with Gasteiger partial charge in [0, 0.05) is 24.7 Å². The maximum absolute atomic E-state index is 11.9. The minimum absolute atomic E-state index is 0.273. The molecule has 3 rings (SSSR count). The summed E-state index contributed by atoms with van der Waals surface area (Å²) in [4.78, 5) is 29.6. The van der Waals surface area contributed by atoms with Crippen LogP contribution in [0, 0.1) is 0 Å². The van der Waals surface area contributed by atoms with E-state index in [1.54, 1.807) is 6.07 Å². The van der Waals surface area contributed by atoms with Crippen LogP contribution in [0.2, 0.25) is 0 Å². The van der Waals surface area contributed by atoms with Crippen molar-refractivity contribution >= 4 is 28.9 Å².